The Kier molecular flexibility index (Phi) is 7.86. The SMILES string of the molecule is CC(C)C.CCCC(CC)COc1cc(F)c2c(N)n[nH]c2c1. The fourth-order valence-electron chi connectivity index (χ4n) is 2.22. The second kappa shape index (κ2) is 9.38. The van der Waals surface area contributed by atoms with Crippen LogP contribution in [0, 0.1) is 17.7 Å². The van der Waals surface area contributed by atoms with E-state index in [2.05, 4.69) is 44.8 Å². The zero-order chi connectivity index (χ0) is 17.4. The fourth-order valence-corrected chi connectivity index (χ4v) is 2.22. The number of benzene rings is 1. The van der Waals surface area contributed by atoms with Crippen LogP contribution >= 0.6 is 0 Å². The summed E-state index contributed by atoms with van der Waals surface area (Å²) in [5.74, 6) is 1.64. The van der Waals surface area contributed by atoms with Crippen molar-refractivity contribution in [1.82, 2.24) is 10.2 Å². The number of hydrogen-bond acceptors (Lipinski definition) is 3. The number of nitrogens with two attached hydrogens (primary N) is 1. The molecular formula is C18H30FN3O. The molecule has 5 heteroatoms. The molecule has 1 aromatic heterocycles. The number of aromatic nitrogens is 2. The van der Waals surface area contributed by atoms with Gasteiger partial charge in [0.2, 0.25) is 0 Å². The first kappa shape index (κ1) is 19.3. The largest absolute Gasteiger partial charge is 0.493 e. The summed E-state index contributed by atoms with van der Waals surface area (Å²) >= 11 is 0. The number of hydrogen-bond donors (Lipinski definition) is 2. The van der Waals surface area contributed by atoms with Crippen molar-refractivity contribution in [3.05, 3.63) is 17.9 Å². The average molecular weight is 323 g/mol. The summed E-state index contributed by atoms with van der Waals surface area (Å²) in [5.41, 5.74) is 6.15. The lowest BCUT2D eigenvalue weighted by Crippen LogP contribution is -2.11. The molecule has 0 amide bonds. The first-order valence-electron chi connectivity index (χ1n) is 8.44. The van der Waals surface area contributed by atoms with Crippen molar-refractivity contribution >= 4 is 16.7 Å². The Morgan fingerprint density at radius 3 is 2.48 bits per heavy atom. The van der Waals surface area contributed by atoms with Gasteiger partial charge in [-0.05, 0) is 18.3 Å². The standard InChI is InChI=1S/C14H20FN3O.C4H10/c1-3-5-9(4-2)8-19-10-6-11(15)13-12(7-10)17-18-14(13)16;1-4(2)3/h6-7,9H,3-5,8H2,1-2H3,(H3,16,17,18);4H,1-3H3. The molecule has 23 heavy (non-hydrogen) atoms. The molecule has 2 rings (SSSR count). The van der Waals surface area contributed by atoms with E-state index in [0.29, 0.717) is 29.2 Å². The molecule has 0 aliphatic heterocycles. The zero-order valence-electron chi connectivity index (χ0n) is 14.9. The summed E-state index contributed by atoms with van der Waals surface area (Å²) in [6.45, 7) is 11.4. The Morgan fingerprint density at radius 1 is 1.26 bits per heavy atom. The molecule has 0 radical (unpaired) electrons. The van der Waals surface area contributed by atoms with Crippen LogP contribution in [0.1, 0.15) is 53.9 Å². The van der Waals surface area contributed by atoms with E-state index in [1.54, 1.807) is 6.07 Å². The predicted molar refractivity (Wildman–Crippen MR) is 95.2 cm³/mol. The van der Waals surface area contributed by atoms with Crippen molar-refractivity contribution in [1.29, 1.82) is 0 Å². The minimum Gasteiger partial charge on any atom is -0.493 e. The Labute approximate surface area is 138 Å². The molecule has 0 aliphatic rings. The minimum absolute atomic E-state index is 0.177. The smallest absolute Gasteiger partial charge is 0.156 e. The maximum atomic E-state index is 13.9. The van der Waals surface area contributed by atoms with Crippen LogP contribution < -0.4 is 10.5 Å². The lowest BCUT2D eigenvalue weighted by molar-refractivity contribution is 0.234. The van der Waals surface area contributed by atoms with Gasteiger partial charge in [-0.15, -0.1) is 0 Å². The van der Waals surface area contributed by atoms with Gasteiger partial charge in [0.15, 0.2) is 5.82 Å². The lowest BCUT2D eigenvalue weighted by atomic mass is 10.0. The Balaban J connectivity index is 0.000000593. The number of nitrogens with one attached hydrogen (secondary N) is 1. The van der Waals surface area contributed by atoms with E-state index in [1.807, 2.05) is 0 Å². The maximum absolute atomic E-state index is 13.9. The summed E-state index contributed by atoms with van der Waals surface area (Å²) in [7, 11) is 0. The van der Waals surface area contributed by atoms with E-state index in [1.165, 1.54) is 6.07 Å². The van der Waals surface area contributed by atoms with Gasteiger partial charge in [0, 0.05) is 12.1 Å². The molecule has 130 valence electrons. The van der Waals surface area contributed by atoms with E-state index in [-0.39, 0.29) is 5.82 Å². The van der Waals surface area contributed by atoms with E-state index < -0.39 is 5.82 Å². The summed E-state index contributed by atoms with van der Waals surface area (Å²) in [6, 6.07) is 3.10. The second-order valence-corrected chi connectivity index (χ2v) is 6.54. The monoisotopic (exact) mass is 323 g/mol. The summed E-state index contributed by atoms with van der Waals surface area (Å²) in [5, 5.41) is 6.82. The molecule has 1 atom stereocenters. The van der Waals surface area contributed by atoms with Crippen molar-refractivity contribution < 1.29 is 9.13 Å². The highest BCUT2D eigenvalue weighted by Gasteiger charge is 2.12. The van der Waals surface area contributed by atoms with Crippen LogP contribution in [0.2, 0.25) is 0 Å². The van der Waals surface area contributed by atoms with Crippen molar-refractivity contribution in [3.63, 3.8) is 0 Å². The Bertz CT molecular complexity index is 592. The molecule has 0 fully saturated rings. The van der Waals surface area contributed by atoms with Crippen LogP contribution in [-0.4, -0.2) is 16.8 Å². The molecule has 1 unspecified atom stereocenters. The molecule has 1 aromatic carbocycles. The Hall–Kier alpha value is -1.78. The average Bonchev–Trinajstić information content (AvgIpc) is 2.84. The Morgan fingerprint density at radius 2 is 1.91 bits per heavy atom. The number of H-pyrrole nitrogens is 1. The number of nitrogens with zero attached hydrogens (tertiary/aromatic N) is 1. The van der Waals surface area contributed by atoms with Gasteiger partial charge in [-0.25, -0.2) is 4.39 Å². The molecule has 0 spiro atoms. The van der Waals surface area contributed by atoms with Gasteiger partial charge in [0.05, 0.1) is 17.5 Å². The van der Waals surface area contributed by atoms with Crippen molar-refractivity contribution in [2.45, 2.75) is 53.9 Å². The number of nitrogen functional groups attached to an aromatic ring is 1. The molecule has 3 N–H and O–H groups in total. The van der Waals surface area contributed by atoms with Gasteiger partial charge in [-0.3, -0.25) is 5.10 Å². The van der Waals surface area contributed by atoms with Crippen LogP contribution in [0.4, 0.5) is 10.2 Å². The highest BCUT2D eigenvalue weighted by molar-refractivity contribution is 5.90. The number of rotatable bonds is 6. The normalized spacial score (nSPS) is 12.1. The third kappa shape index (κ3) is 6.08. The molecule has 0 saturated heterocycles. The number of halogens is 1. The summed E-state index contributed by atoms with van der Waals surface area (Å²) in [6.07, 6.45) is 3.32. The van der Waals surface area contributed by atoms with E-state index >= 15 is 0 Å². The summed E-state index contributed by atoms with van der Waals surface area (Å²) < 4.78 is 19.6. The molecule has 0 aliphatic carbocycles. The molecule has 1 heterocycles. The maximum Gasteiger partial charge on any atom is 0.156 e. The number of fused-ring (bicyclic) bond motifs is 1. The zero-order valence-corrected chi connectivity index (χ0v) is 14.9. The van der Waals surface area contributed by atoms with Crippen LogP contribution in [0.5, 0.6) is 5.75 Å². The van der Waals surface area contributed by atoms with E-state index in [9.17, 15) is 4.39 Å². The van der Waals surface area contributed by atoms with Crippen molar-refractivity contribution in [2.24, 2.45) is 11.8 Å². The number of ether oxygens (including phenoxy) is 1. The highest BCUT2D eigenvalue weighted by Crippen LogP contribution is 2.27. The van der Waals surface area contributed by atoms with E-state index in [0.717, 1.165) is 25.2 Å². The van der Waals surface area contributed by atoms with Gasteiger partial charge in [0.1, 0.15) is 11.6 Å². The minimum atomic E-state index is -0.401. The number of aromatic amines is 1. The first-order valence-corrected chi connectivity index (χ1v) is 8.44. The quantitative estimate of drug-likeness (QED) is 0.772. The topological polar surface area (TPSA) is 63.9 Å². The first-order chi connectivity index (χ1) is 10.9. The van der Waals surface area contributed by atoms with Gasteiger partial charge in [-0.2, -0.15) is 5.10 Å². The third-order valence-corrected chi connectivity index (χ3v) is 3.38. The highest BCUT2D eigenvalue weighted by atomic mass is 19.1. The van der Waals surface area contributed by atoms with Crippen molar-refractivity contribution in [2.75, 3.05) is 12.3 Å². The van der Waals surface area contributed by atoms with E-state index in [4.69, 9.17) is 10.5 Å². The van der Waals surface area contributed by atoms with Gasteiger partial charge in [0.25, 0.3) is 0 Å². The predicted octanol–water partition coefficient (Wildman–Crippen LogP) is 5.15. The van der Waals surface area contributed by atoms with Crippen LogP contribution in [0.25, 0.3) is 10.9 Å². The third-order valence-electron chi connectivity index (χ3n) is 3.38. The van der Waals surface area contributed by atoms with Crippen LogP contribution in [0.3, 0.4) is 0 Å². The van der Waals surface area contributed by atoms with Gasteiger partial charge >= 0.3 is 0 Å². The second-order valence-electron chi connectivity index (χ2n) is 6.54. The molecular weight excluding hydrogens is 293 g/mol. The molecule has 4 nitrogen and oxygen atoms in total. The summed E-state index contributed by atoms with van der Waals surface area (Å²) in [4.78, 5) is 0. The lowest BCUT2D eigenvalue weighted by Gasteiger charge is -2.15. The van der Waals surface area contributed by atoms with Gasteiger partial charge < -0.3 is 10.5 Å². The fraction of sp³-hybridized carbons (Fsp3) is 0.611. The molecule has 0 saturated carbocycles. The number of anilines is 1. The van der Waals surface area contributed by atoms with Crippen LogP contribution in [0.15, 0.2) is 12.1 Å². The van der Waals surface area contributed by atoms with Crippen molar-refractivity contribution in [3.8, 4) is 5.75 Å². The molecule has 2 aromatic rings. The van der Waals surface area contributed by atoms with Crippen LogP contribution in [-0.2, 0) is 0 Å². The molecule has 0 bridgehead atoms. The van der Waals surface area contributed by atoms with Gasteiger partial charge in [-0.1, -0.05) is 47.5 Å².